The Kier molecular flexibility index (Phi) is 4.88. The summed E-state index contributed by atoms with van der Waals surface area (Å²) in [6.07, 6.45) is 0.406. The van der Waals surface area contributed by atoms with Crippen molar-refractivity contribution in [1.29, 1.82) is 0 Å². The zero-order valence-corrected chi connectivity index (χ0v) is 15.8. The number of carbonyl (C=O) groups excluding carboxylic acids is 3. The Balaban J connectivity index is 1.97. The number of benzene rings is 1. The number of hydrogen-bond donors (Lipinski definition) is 1. The van der Waals surface area contributed by atoms with E-state index in [-0.39, 0.29) is 23.9 Å². The number of carbonyl (C=O) groups is 3. The first-order valence-electron chi connectivity index (χ1n) is 8.90. The van der Waals surface area contributed by atoms with Crippen LogP contribution in [0.25, 0.3) is 10.9 Å². The Labute approximate surface area is 160 Å². The van der Waals surface area contributed by atoms with Gasteiger partial charge in [-0.15, -0.1) is 10.2 Å². The van der Waals surface area contributed by atoms with Crippen molar-refractivity contribution >= 4 is 34.4 Å². The van der Waals surface area contributed by atoms with Gasteiger partial charge in [0.05, 0.1) is 10.8 Å². The predicted molar refractivity (Wildman–Crippen MR) is 98.5 cm³/mol. The molecule has 2 heterocycles. The number of aromatic nitrogens is 3. The molecule has 2 N–H and O–H groups in total. The quantitative estimate of drug-likeness (QED) is 0.605. The molecular formula is C18H21N5O5. The van der Waals surface area contributed by atoms with Crippen LogP contribution in [0.5, 0.6) is 0 Å². The van der Waals surface area contributed by atoms with Crippen LogP contribution >= 0.6 is 0 Å². The summed E-state index contributed by atoms with van der Waals surface area (Å²) in [4.78, 5) is 55.2. The van der Waals surface area contributed by atoms with Gasteiger partial charge in [-0.3, -0.25) is 14.4 Å². The number of rotatable bonds is 4. The number of nitrogens with two attached hydrogens (primary N) is 1. The molecule has 148 valence electrons. The molecule has 10 heteroatoms. The molecule has 0 radical (unpaired) electrons. The van der Waals surface area contributed by atoms with Crippen molar-refractivity contribution in [3.63, 3.8) is 0 Å². The molecule has 1 aromatic heterocycles. The lowest BCUT2D eigenvalue weighted by atomic mass is 9.91. The molecule has 3 rings (SSSR count). The monoisotopic (exact) mass is 387 g/mol. The highest BCUT2D eigenvalue weighted by Crippen LogP contribution is 2.27. The fourth-order valence-corrected chi connectivity index (χ4v) is 2.75. The summed E-state index contributed by atoms with van der Waals surface area (Å²) >= 11 is 0. The van der Waals surface area contributed by atoms with Crippen LogP contribution in [0.4, 0.5) is 5.69 Å². The predicted octanol–water partition coefficient (Wildman–Crippen LogP) is 0.958. The van der Waals surface area contributed by atoms with E-state index in [2.05, 4.69) is 10.3 Å². The molecule has 28 heavy (non-hydrogen) atoms. The van der Waals surface area contributed by atoms with Gasteiger partial charge in [-0.1, -0.05) is 18.2 Å². The van der Waals surface area contributed by atoms with Gasteiger partial charge in [0.25, 0.3) is 17.4 Å². The summed E-state index contributed by atoms with van der Waals surface area (Å²) in [6, 6.07) is 3.64. The van der Waals surface area contributed by atoms with Crippen LogP contribution in [-0.4, -0.2) is 37.8 Å². The lowest BCUT2D eigenvalue weighted by Crippen LogP contribution is -2.50. The summed E-state index contributed by atoms with van der Waals surface area (Å²) in [5.41, 5.74) is 4.90. The van der Waals surface area contributed by atoms with Crippen LogP contribution in [0.15, 0.2) is 23.0 Å². The van der Waals surface area contributed by atoms with Crippen LogP contribution in [0.2, 0.25) is 0 Å². The third kappa shape index (κ3) is 3.21. The molecular weight excluding hydrogens is 366 g/mol. The second-order valence-corrected chi connectivity index (χ2v) is 7.28. The molecule has 0 spiro atoms. The van der Waals surface area contributed by atoms with Crippen molar-refractivity contribution in [2.24, 2.45) is 5.41 Å². The molecule has 1 fully saturated rings. The fraction of sp³-hybridized carbons (Fsp3) is 0.444. The summed E-state index contributed by atoms with van der Waals surface area (Å²) < 4.78 is 0.888. The number of nitrogen functional groups attached to an aromatic ring is 1. The summed E-state index contributed by atoms with van der Waals surface area (Å²) in [5, 5.41) is 8.33. The highest BCUT2D eigenvalue weighted by Gasteiger charge is 2.42. The Bertz CT molecular complexity index is 1030. The number of fused-ring (bicyclic) bond motifs is 1. The van der Waals surface area contributed by atoms with Gasteiger partial charge >= 0.3 is 5.97 Å². The molecule has 1 aliphatic rings. The minimum absolute atomic E-state index is 0.0374. The van der Waals surface area contributed by atoms with Crippen LogP contribution in [0, 0.1) is 5.41 Å². The van der Waals surface area contributed by atoms with Crippen molar-refractivity contribution in [2.45, 2.75) is 46.1 Å². The normalized spacial score (nSPS) is 17.8. The van der Waals surface area contributed by atoms with Crippen molar-refractivity contribution < 1.29 is 19.2 Å². The molecule has 0 bridgehead atoms. The summed E-state index contributed by atoms with van der Waals surface area (Å²) in [6.45, 7) is 5.08. The Morgan fingerprint density at radius 2 is 2.04 bits per heavy atom. The molecule has 0 aliphatic carbocycles. The number of piperidine rings is 1. The molecule has 2 amide bonds. The Hall–Kier alpha value is -3.30. The molecule has 1 unspecified atom stereocenters. The van der Waals surface area contributed by atoms with E-state index in [0.717, 1.165) is 4.68 Å². The highest BCUT2D eigenvalue weighted by molar-refractivity contribution is 5.99. The van der Waals surface area contributed by atoms with Crippen LogP contribution < -0.4 is 11.3 Å². The number of hydrogen-bond acceptors (Lipinski definition) is 8. The first-order valence-corrected chi connectivity index (χ1v) is 8.90. The SMILES string of the molecule is CCC(C)(C)C(=O)ON1C(=O)CCC(n2nnc3cccc(N)c3c2=O)C1=O. The third-order valence-corrected chi connectivity index (χ3v) is 4.99. The Morgan fingerprint density at radius 3 is 2.71 bits per heavy atom. The van der Waals surface area contributed by atoms with Gasteiger partial charge in [0.2, 0.25) is 0 Å². The topological polar surface area (TPSA) is 137 Å². The summed E-state index contributed by atoms with van der Waals surface area (Å²) in [7, 11) is 0. The smallest absolute Gasteiger partial charge is 0.338 e. The zero-order chi connectivity index (χ0) is 20.6. The van der Waals surface area contributed by atoms with E-state index in [1.807, 2.05) is 0 Å². The number of hydroxylamine groups is 2. The van der Waals surface area contributed by atoms with E-state index in [9.17, 15) is 19.2 Å². The number of nitrogens with zero attached hydrogens (tertiary/aromatic N) is 4. The summed E-state index contributed by atoms with van der Waals surface area (Å²) in [5.74, 6) is -2.21. The van der Waals surface area contributed by atoms with E-state index in [0.29, 0.717) is 17.0 Å². The van der Waals surface area contributed by atoms with Gasteiger partial charge in [-0.2, -0.15) is 4.68 Å². The lowest BCUT2D eigenvalue weighted by Gasteiger charge is -2.31. The minimum atomic E-state index is -1.13. The second kappa shape index (κ2) is 7.02. The number of imide groups is 1. The fourth-order valence-electron chi connectivity index (χ4n) is 2.75. The van der Waals surface area contributed by atoms with E-state index in [4.69, 9.17) is 10.6 Å². The molecule has 1 atom stereocenters. The van der Waals surface area contributed by atoms with Crippen molar-refractivity contribution in [3.8, 4) is 0 Å². The van der Waals surface area contributed by atoms with Gasteiger partial charge in [0, 0.05) is 12.1 Å². The van der Waals surface area contributed by atoms with Crippen molar-refractivity contribution in [2.75, 3.05) is 5.73 Å². The maximum absolute atomic E-state index is 12.8. The highest BCUT2D eigenvalue weighted by atomic mass is 16.7. The molecule has 1 saturated heterocycles. The van der Waals surface area contributed by atoms with E-state index in [1.165, 1.54) is 0 Å². The Morgan fingerprint density at radius 1 is 1.32 bits per heavy atom. The third-order valence-electron chi connectivity index (χ3n) is 4.99. The van der Waals surface area contributed by atoms with E-state index >= 15 is 0 Å². The number of amides is 2. The van der Waals surface area contributed by atoms with Gasteiger partial charge in [-0.05, 0) is 38.8 Å². The molecule has 0 saturated carbocycles. The van der Waals surface area contributed by atoms with Gasteiger partial charge < -0.3 is 10.6 Å². The largest absolute Gasteiger partial charge is 0.398 e. The minimum Gasteiger partial charge on any atom is -0.398 e. The lowest BCUT2D eigenvalue weighted by molar-refractivity contribution is -0.213. The van der Waals surface area contributed by atoms with Gasteiger partial charge in [0.15, 0.2) is 0 Å². The maximum atomic E-state index is 12.8. The first-order chi connectivity index (χ1) is 13.2. The standard InChI is InChI=1S/C18H21N5O5/c1-4-18(2,3)17(27)28-23-13(24)9-8-12(15(23)25)22-16(26)14-10(19)6-5-7-11(14)20-21-22/h5-7,12H,4,8-9,19H2,1-3H3. The van der Waals surface area contributed by atoms with Gasteiger partial charge in [0.1, 0.15) is 11.6 Å². The number of anilines is 1. The van der Waals surface area contributed by atoms with Crippen LogP contribution in [0.1, 0.15) is 46.1 Å². The molecule has 2 aromatic rings. The second-order valence-electron chi connectivity index (χ2n) is 7.28. The average molecular weight is 387 g/mol. The van der Waals surface area contributed by atoms with Crippen LogP contribution in [0.3, 0.4) is 0 Å². The van der Waals surface area contributed by atoms with Gasteiger partial charge in [-0.25, -0.2) is 4.79 Å². The van der Waals surface area contributed by atoms with E-state index < -0.39 is 34.8 Å². The van der Waals surface area contributed by atoms with Crippen LogP contribution in [-0.2, 0) is 19.2 Å². The molecule has 10 nitrogen and oxygen atoms in total. The molecule has 1 aliphatic heterocycles. The first kappa shape index (κ1) is 19.5. The zero-order valence-electron chi connectivity index (χ0n) is 15.8. The van der Waals surface area contributed by atoms with E-state index in [1.54, 1.807) is 39.0 Å². The molecule has 1 aromatic carbocycles. The average Bonchev–Trinajstić information content (AvgIpc) is 2.66. The van der Waals surface area contributed by atoms with Crippen molar-refractivity contribution in [1.82, 2.24) is 20.1 Å². The maximum Gasteiger partial charge on any atom is 0.338 e. The van der Waals surface area contributed by atoms with Crippen molar-refractivity contribution in [3.05, 3.63) is 28.6 Å².